The first-order chi connectivity index (χ1) is 5.79. The Morgan fingerprint density at radius 1 is 1.17 bits per heavy atom. The van der Waals surface area contributed by atoms with Crippen molar-refractivity contribution in [3.63, 3.8) is 0 Å². The molecule has 0 aliphatic carbocycles. The second kappa shape index (κ2) is 4.86. The molecule has 1 rings (SSSR count). The standard InChI is InChI=1S/C11H23N/c1-4-6-11-8-12-7-10(5-2)9(11)3/h9-12H,4-8H2,1-3H3. The van der Waals surface area contributed by atoms with E-state index in [1.54, 1.807) is 0 Å². The maximum absolute atomic E-state index is 3.55. The molecule has 1 aliphatic rings. The Morgan fingerprint density at radius 2 is 1.83 bits per heavy atom. The van der Waals surface area contributed by atoms with E-state index >= 15 is 0 Å². The molecule has 72 valence electrons. The van der Waals surface area contributed by atoms with E-state index in [0.29, 0.717) is 0 Å². The van der Waals surface area contributed by atoms with Crippen molar-refractivity contribution in [3.8, 4) is 0 Å². The summed E-state index contributed by atoms with van der Waals surface area (Å²) in [6.45, 7) is 9.55. The summed E-state index contributed by atoms with van der Waals surface area (Å²) in [4.78, 5) is 0. The maximum Gasteiger partial charge on any atom is -0.00177 e. The first kappa shape index (κ1) is 10.0. The molecule has 0 saturated carbocycles. The molecule has 1 saturated heterocycles. The average molecular weight is 169 g/mol. The van der Waals surface area contributed by atoms with Crippen LogP contribution in [0.4, 0.5) is 0 Å². The van der Waals surface area contributed by atoms with Crippen LogP contribution < -0.4 is 5.32 Å². The summed E-state index contributed by atoms with van der Waals surface area (Å²) in [5.41, 5.74) is 0. The summed E-state index contributed by atoms with van der Waals surface area (Å²) in [5.74, 6) is 2.81. The maximum atomic E-state index is 3.55. The van der Waals surface area contributed by atoms with Crippen LogP contribution in [-0.4, -0.2) is 13.1 Å². The van der Waals surface area contributed by atoms with Gasteiger partial charge in [0.25, 0.3) is 0 Å². The van der Waals surface area contributed by atoms with Gasteiger partial charge in [0.05, 0.1) is 0 Å². The summed E-state index contributed by atoms with van der Waals surface area (Å²) < 4.78 is 0. The van der Waals surface area contributed by atoms with E-state index in [2.05, 4.69) is 26.1 Å². The Balaban J connectivity index is 2.41. The molecule has 3 atom stereocenters. The summed E-state index contributed by atoms with van der Waals surface area (Å²) >= 11 is 0. The number of rotatable bonds is 3. The van der Waals surface area contributed by atoms with E-state index in [4.69, 9.17) is 0 Å². The van der Waals surface area contributed by atoms with Crippen LogP contribution in [-0.2, 0) is 0 Å². The number of piperidine rings is 1. The van der Waals surface area contributed by atoms with E-state index in [0.717, 1.165) is 17.8 Å². The van der Waals surface area contributed by atoms with Crippen LogP contribution in [0, 0.1) is 17.8 Å². The fourth-order valence-electron chi connectivity index (χ4n) is 2.46. The number of hydrogen-bond acceptors (Lipinski definition) is 1. The zero-order chi connectivity index (χ0) is 8.97. The molecule has 1 aliphatic heterocycles. The minimum atomic E-state index is 0.926. The van der Waals surface area contributed by atoms with E-state index in [1.165, 1.54) is 32.4 Å². The lowest BCUT2D eigenvalue weighted by Crippen LogP contribution is -2.42. The van der Waals surface area contributed by atoms with Crippen molar-refractivity contribution in [2.45, 2.75) is 40.0 Å². The van der Waals surface area contributed by atoms with E-state index in [1.807, 2.05) is 0 Å². The van der Waals surface area contributed by atoms with Gasteiger partial charge < -0.3 is 5.32 Å². The van der Waals surface area contributed by atoms with Gasteiger partial charge in [-0.3, -0.25) is 0 Å². The van der Waals surface area contributed by atoms with Gasteiger partial charge >= 0.3 is 0 Å². The summed E-state index contributed by atoms with van der Waals surface area (Å²) in [5, 5.41) is 3.55. The van der Waals surface area contributed by atoms with E-state index < -0.39 is 0 Å². The number of nitrogens with one attached hydrogen (secondary N) is 1. The zero-order valence-electron chi connectivity index (χ0n) is 8.77. The fraction of sp³-hybridized carbons (Fsp3) is 1.00. The first-order valence-corrected chi connectivity index (χ1v) is 5.50. The quantitative estimate of drug-likeness (QED) is 0.685. The van der Waals surface area contributed by atoms with Gasteiger partial charge in [-0.05, 0) is 37.3 Å². The molecule has 1 nitrogen and oxygen atoms in total. The van der Waals surface area contributed by atoms with Crippen LogP contribution in [0.5, 0.6) is 0 Å². The zero-order valence-corrected chi connectivity index (χ0v) is 8.77. The molecule has 12 heavy (non-hydrogen) atoms. The second-order valence-electron chi connectivity index (χ2n) is 4.23. The van der Waals surface area contributed by atoms with Crippen molar-refractivity contribution in [3.05, 3.63) is 0 Å². The smallest absolute Gasteiger partial charge is 0.00177 e. The molecule has 0 aromatic carbocycles. The molecule has 0 bridgehead atoms. The highest BCUT2D eigenvalue weighted by Crippen LogP contribution is 2.29. The highest BCUT2D eigenvalue weighted by Gasteiger charge is 2.27. The van der Waals surface area contributed by atoms with Gasteiger partial charge in [0.1, 0.15) is 0 Å². The number of hydrogen-bond donors (Lipinski definition) is 1. The minimum absolute atomic E-state index is 0.926. The largest absolute Gasteiger partial charge is 0.316 e. The van der Waals surface area contributed by atoms with Crippen molar-refractivity contribution < 1.29 is 0 Å². The van der Waals surface area contributed by atoms with Gasteiger partial charge in [-0.15, -0.1) is 0 Å². The van der Waals surface area contributed by atoms with Gasteiger partial charge in [0, 0.05) is 0 Å². The minimum Gasteiger partial charge on any atom is -0.316 e. The summed E-state index contributed by atoms with van der Waals surface area (Å²) in [6, 6.07) is 0. The molecule has 0 amide bonds. The molecule has 3 unspecified atom stereocenters. The second-order valence-corrected chi connectivity index (χ2v) is 4.23. The highest BCUT2D eigenvalue weighted by molar-refractivity contribution is 4.81. The lowest BCUT2D eigenvalue weighted by molar-refractivity contribution is 0.172. The molecule has 0 spiro atoms. The van der Waals surface area contributed by atoms with Crippen LogP contribution >= 0.6 is 0 Å². The molecule has 1 heteroatoms. The first-order valence-electron chi connectivity index (χ1n) is 5.50. The topological polar surface area (TPSA) is 12.0 Å². The van der Waals surface area contributed by atoms with Crippen molar-refractivity contribution >= 4 is 0 Å². The SMILES string of the molecule is CCCC1CNCC(CC)C1C. The van der Waals surface area contributed by atoms with Gasteiger partial charge in [-0.2, -0.15) is 0 Å². The van der Waals surface area contributed by atoms with Gasteiger partial charge in [-0.1, -0.05) is 33.6 Å². The molecule has 0 radical (unpaired) electrons. The van der Waals surface area contributed by atoms with Crippen LogP contribution in [0.2, 0.25) is 0 Å². The van der Waals surface area contributed by atoms with E-state index in [9.17, 15) is 0 Å². The van der Waals surface area contributed by atoms with Crippen molar-refractivity contribution in [2.24, 2.45) is 17.8 Å². The Kier molecular flexibility index (Phi) is 4.07. The highest BCUT2D eigenvalue weighted by atomic mass is 14.9. The molecule has 1 heterocycles. The Bertz CT molecular complexity index is 120. The summed E-state index contributed by atoms with van der Waals surface area (Å²) in [7, 11) is 0. The van der Waals surface area contributed by atoms with Crippen molar-refractivity contribution in [1.29, 1.82) is 0 Å². The Morgan fingerprint density at radius 3 is 2.42 bits per heavy atom. The molecular weight excluding hydrogens is 146 g/mol. The van der Waals surface area contributed by atoms with Gasteiger partial charge in [0.2, 0.25) is 0 Å². The average Bonchev–Trinajstić information content (AvgIpc) is 2.09. The van der Waals surface area contributed by atoms with Crippen molar-refractivity contribution in [1.82, 2.24) is 5.32 Å². The van der Waals surface area contributed by atoms with Crippen molar-refractivity contribution in [2.75, 3.05) is 13.1 Å². The summed E-state index contributed by atoms with van der Waals surface area (Å²) in [6.07, 6.45) is 4.09. The van der Waals surface area contributed by atoms with Crippen LogP contribution in [0.15, 0.2) is 0 Å². The van der Waals surface area contributed by atoms with Gasteiger partial charge in [0.15, 0.2) is 0 Å². The molecular formula is C11H23N. The van der Waals surface area contributed by atoms with E-state index in [-0.39, 0.29) is 0 Å². The van der Waals surface area contributed by atoms with Crippen LogP contribution in [0.1, 0.15) is 40.0 Å². The Hall–Kier alpha value is -0.0400. The van der Waals surface area contributed by atoms with Gasteiger partial charge in [-0.25, -0.2) is 0 Å². The third-order valence-electron chi connectivity index (χ3n) is 3.48. The fourth-order valence-corrected chi connectivity index (χ4v) is 2.46. The third-order valence-corrected chi connectivity index (χ3v) is 3.48. The predicted octanol–water partition coefficient (Wildman–Crippen LogP) is 2.67. The predicted molar refractivity (Wildman–Crippen MR) is 54.2 cm³/mol. The molecule has 1 fully saturated rings. The normalized spacial score (nSPS) is 36.8. The third kappa shape index (κ3) is 2.22. The lowest BCUT2D eigenvalue weighted by atomic mass is 9.77. The Labute approximate surface area is 76.9 Å². The monoisotopic (exact) mass is 169 g/mol. The molecule has 1 N–H and O–H groups in total. The van der Waals surface area contributed by atoms with Crippen LogP contribution in [0.3, 0.4) is 0 Å². The lowest BCUT2D eigenvalue weighted by Gasteiger charge is -2.36. The molecule has 0 aromatic heterocycles. The van der Waals surface area contributed by atoms with Crippen LogP contribution in [0.25, 0.3) is 0 Å². The molecule has 0 aromatic rings.